The molecule has 0 fully saturated rings. The van der Waals surface area contributed by atoms with Crippen molar-refractivity contribution in [2.24, 2.45) is 0 Å². The van der Waals surface area contributed by atoms with Crippen LogP contribution >= 0.6 is 12.2 Å². The van der Waals surface area contributed by atoms with Crippen molar-refractivity contribution in [1.29, 1.82) is 0 Å². The zero-order valence-corrected chi connectivity index (χ0v) is 16.8. The van der Waals surface area contributed by atoms with Gasteiger partial charge in [-0.05, 0) is 68.9 Å². The lowest BCUT2D eigenvalue weighted by atomic mass is 10.2. The van der Waals surface area contributed by atoms with E-state index in [9.17, 15) is 9.59 Å². The average Bonchev–Trinajstić information content (AvgIpc) is 2.65. The minimum Gasteiger partial charge on any atom is -0.491 e. The summed E-state index contributed by atoms with van der Waals surface area (Å²) >= 11 is 5.01. The number of ether oxygens (including phenoxy) is 2. The van der Waals surface area contributed by atoms with E-state index in [1.807, 2.05) is 39.0 Å². The van der Waals surface area contributed by atoms with Crippen LogP contribution in [0.1, 0.15) is 29.8 Å². The predicted octanol–water partition coefficient (Wildman–Crippen LogP) is 2.50. The maximum Gasteiger partial charge on any atom is 0.276 e. The molecule has 0 radical (unpaired) electrons. The van der Waals surface area contributed by atoms with Gasteiger partial charge < -0.3 is 9.47 Å². The SMILES string of the molecule is Cc1ccccc1OCC(=O)NNC(=S)NC(=O)c1ccc(OC(C)C)cc1. The first-order valence-electron chi connectivity index (χ1n) is 8.70. The highest BCUT2D eigenvalue weighted by Crippen LogP contribution is 2.15. The summed E-state index contributed by atoms with van der Waals surface area (Å²) in [6.45, 7) is 5.54. The number of hydrogen-bond acceptors (Lipinski definition) is 5. The maximum absolute atomic E-state index is 12.2. The first-order valence-corrected chi connectivity index (χ1v) is 9.11. The molecule has 0 heterocycles. The fourth-order valence-corrected chi connectivity index (χ4v) is 2.33. The number of carbonyl (C=O) groups is 2. The quantitative estimate of drug-likeness (QED) is 0.509. The Hall–Kier alpha value is -3.13. The van der Waals surface area contributed by atoms with Crippen LogP contribution < -0.4 is 25.6 Å². The number of nitrogens with one attached hydrogen (secondary N) is 3. The third-order valence-electron chi connectivity index (χ3n) is 3.48. The van der Waals surface area contributed by atoms with Gasteiger partial charge in [-0.25, -0.2) is 0 Å². The predicted molar refractivity (Wildman–Crippen MR) is 110 cm³/mol. The molecule has 0 saturated carbocycles. The molecule has 0 saturated heterocycles. The van der Waals surface area contributed by atoms with Crippen LogP contribution in [0.3, 0.4) is 0 Å². The lowest BCUT2D eigenvalue weighted by Gasteiger charge is -2.13. The molecule has 148 valence electrons. The maximum atomic E-state index is 12.2. The van der Waals surface area contributed by atoms with Gasteiger partial charge in [0.05, 0.1) is 6.10 Å². The molecule has 28 heavy (non-hydrogen) atoms. The number of thiocarbonyl (C=S) groups is 1. The number of benzene rings is 2. The number of hydrazine groups is 1. The van der Waals surface area contributed by atoms with Crippen molar-refractivity contribution >= 4 is 29.1 Å². The molecule has 0 bridgehead atoms. The van der Waals surface area contributed by atoms with Gasteiger partial charge in [0.15, 0.2) is 11.7 Å². The number of amides is 2. The molecule has 0 atom stereocenters. The number of carbonyl (C=O) groups excluding carboxylic acids is 2. The molecular weight excluding hydrogens is 378 g/mol. The second kappa shape index (κ2) is 10.3. The van der Waals surface area contributed by atoms with E-state index in [4.69, 9.17) is 21.7 Å². The largest absolute Gasteiger partial charge is 0.491 e. The van der Waals surface area contributed by atoms with E-state index in [0.29, 0.717) is 17.1 Å². The molecule has 2 amide bonds. The van der Waals surface area contributed by atoms with Crippen LogP contribution in [0.4, 0.5) is 0 Å². The molecule has 0 aliphatic carbocycles. The fourth-order valence-electron chi connectivity index (χ4n) is 2.19. The van der Waals surface area contributed by atoms with Crippen molar-refractivity contribution in [2.45, 2.75) is 26.9 Å². The average molecular weight is 401 g/mol. The topological polar surface area (TPSA) is 88.7 Å². The monoisotopic (exact) mass is 401 g/mol. The Morgan fingerprint density at radius 3 is 2.36 bits per heavy atom. The van der Waals surface area contributed by atoms with E-state index < -0.39 is 11.8 Å². The molecule has 0 unspecified atom stereocenters. The van der Waals surface area contributed by atoms with Gasteiger partial charge in [-0.3, -0.25) is 25.8 Å². The van der Waals surface area contributed by atoms with Crippen molar-refractivity contribution in [2.75, 3.05) is 6.61 Å². The zero-order valence-electron chi connectivity index (χ0n) is 15.9. The lowest BCUT2D eigenvalue weighted by molar-refractivity contribution is -0.123. The number of aryl methyl sites for hydroxylation is 1. The molecule has 2 rings (SSSR count). The van der Waals surface area contributed by atoms with Crippen LogP contribution in [0.25, 0.3) is 0 Å². The second-order valence-corrected chi connectivity index (χ2v) is 6.61. The van der Waals surface area contributed by atoms with Crippen molar-refractivity contribution in [3.8, 4) is 11.5 Å². The van der Waals surface area contributed by atoms with Gasteiger partial charge in [0.1, 0.15) is 11.5 Å². The molecule has 0 spiro atoms. The Morgan fingerprint density at radius 1 is 1.04 bits per heavy atom. The molecule has 3 N–H and O–H groups in total. The third kappa shape index (κ3) is 6.88. The Kier molecular flexibility index (Phi) is 7.76. The lowest BCUT2D eigenvalue weighted by Crippen LogP contribution is -2.49. The fraction of sp³-hybridized carbons (Fsp3) is 0.250. The normalized spacial score (nSPS) is 10.1. The second-order valence-electron chi connectivity index (χ2n) is 6.20. The van der Waals surface area contributed by atoms with E-state index in [0.717, 1.165) is 5.56 Å². The molecule has 2 aromatic carbocycles. The van der Waals surface area contributed by atoms with Crippen molar-refractivity contribution in [3.63, 3.8) is 0 Å². The summed E-state index contributed by atoms with van der Waals surface area (Å²) in [5, 5.41) is 2.45. The molecule has 8 heteroatoms. The number of para-hydroxylation sites is 1. The van der Waals surface area contributed by atoms with Crippen molar-refractivity contribution in [3.05, 3.63) is 59.7 Å². The van der Waals surface area contributed by atoms with Gasteiger partial charge in [-0.15, -0.1) is 0 Å². The molecule has 2 aromatic rings. The minimum atomic E-state index is -0.435. The molecule has 0 aliphatic rings. The summed E-state index contributed by atoms with van der Waals surface area (Å²) < 4.78 is 11.0. The zero-order chi connectivity index (χ0) is 20.5. The summed E-state index contributed by atoms with van der Waals surface area (Å²) in [7, 11) is 0. The molecular formula is C20H23N3O4S. The highest BCUT2D eigenvalue weighted by Gasteiger charge is 2.10. The summed E-state index contributed by atoms with van der Waals surface area (Å²) in [5.41, 5.74) is 6.17. The Bertz CT molecular complexity index is 838. The summed E-state index contributed by atoms with van der Waals surface area (Å²) in [6, 6.07) is 14.0. The van der Waals surface area contributed by atoms with Gasteiger partial charge in [0.25, 0.3) is 11.8 Å². The Morgan fingerprint density at radius 2 is 1.71 bits per heavy atom. The van der Waals surface area contributed by atoms with Gasteiger partial charge in [-0.1, -0.05) is 18.2 Å². The van der Waals surface area contributed by atoms with E-state index in [1.165, 1.54) is 0 Å². The van der Waals surface area contributed by atoms with E-state index >= 15 is 0 Å². The van der Waals surface area contributed by atoms with Crippen LogP contribution in [0.2, 0.25) is 0 Å². The molecule has 0 aliphatic heterocycles. The standard InChI is InChI=1S/C20H23N3O4S/c1-13(2)27-16-10-8-15(9-11-16)19(25)21-20(28)23-22-18(24)12-26-17-7-5-4-6-14(17)3/h4-11,13H,12H2,1-3H3,(H,22,24)(H2,21,23,25,28). The Labute approximate surface area is 169 Å². The van der Waals surface area contributed by atoms with Crippen LogP contribution in [-0.4, -0.2) is 29.6 Å². The van der Waals surface area contributed by atoms with Gasteiger partial charge in [0, 0.05) is 5.56 Å². The number of hydrogen-bond donors (Lipinski definition) is 3. The summed E-state index contributed by atoms with van der Waals surface area (Å²) in [5.74, 6) is 0.459. The van der Waals surface area contributed by atoms with Crippen LogP contribution in [0.15, 0.2) is 48.5 Å². The van der Waals surface area contributed by atoms with Gasteiger partial charge >= 0.3 is 0 Å². The summed E-state index contributed by atoms with van der Waals surface area (Å²) in [4.78, 5) is 24.0. The van der Waals surface area contributed by atoms with Crippen LogP contribution in [0, 0.1) is 6.92 Å². The summed E-state index contributed by atoms with van der Waals surface area (Å²) in [6.07, 6.45) is 0.0508. The smallest absolute Gasteiger partial charge is 0.276 e. The minimum absolute atomic E-state index is 0.0308. The first kappa shape index (κ1) is 21.2. The first-order chi connectivity index (χ1) is 13.3. The van der Waals surface area contributed by atoms with E-state index in [1.54, 1.807) is 30.3 Å². The Balaban J connectivity index is 1.74. The number of rotatable bonds is 6. The van der Waals surface area contributed by atoms with Crippen molar-refractivity contribution < 1.29 is 19.1 Å². The van der Waals surface area contributed by atoms with E-state index in [2.05, 4.69) is 16.2 Å². The third-order valence-corrected chi connectivity index (χ3v) is 3.69. The molecule has 7 nitrogen and oxygen atoms in total. The highest BCUT2D eigenvalue weighted by atomic mass is 32.1. The van der Waals surface area contributed by atoms with Crippen molar-refractivity contribution in [1.82, 2.24) is 16.2 Å². The van der Waals surface area contributed by atoms with Crippen LogP contribution in [-0.2, 0) is 4.79 Å². The molecule has 0 aromatic heterocycles. The van der Waals surface area contributed by atoms with Crippen LogP contribution in [0.5, 0.6) is 11.5 Å². The van der Waals surface area contributed by atoms with Gasteiger partial charge in [-0.2, -0.15) is 0 Å². The van der Waals surface area contributed by atoms with E-state index in [-0.39, 0.29) is 17.8 Å². The highest BCUT2D eigenvalue weighted by molar-refractivity contribution is 7.80. The van der Waals surface area contributed by atoms with Gasteiger partial charge in [0.2, 0.25) is 0 Å².